The molecule has 3 heterocycles. The van der Waals surface area contributed by atoms with Crippen LogP contribution < -0.4 is 0 Å². The predicted octanol–water partition coefficient (Wildman–Crippen LogP) is 5.84. The van der Waals surface area contributed by atoms with E-state index in [9.17, 15) is 4.39 Å². The number of alkyl halides is 1. The fraction of sp³-hybridized carbons (Fsp3) is 0.259. The molecule has 0 radical (unpaired) electrons. The summed E-state index contributed by atoms with van der Waals surface area (Å²) < 4.78 is 16.7. The summed E-state index contributed by atoms with van der Waals surface area (Å²) in [5.74, 6) is 1.85. The maximum Gasteiger partial charge on any atom is 0.162 e. The SMILES string of the molecule is Cc1nc(-c2ccccc2C(C)C)nc2c1cnn2Cc1ccc(-c2nc(CF)cn2C)cc1. The Balaban J connectivity index is 1.49. The summed E-state index contributed by atoms with van der Waals surface area (Å²) in [6.45, 7) is 6.39. The van der Waals surface area contributed by atoms with Crippen molar-refractivity contribution >= 4 is 11.0 Å². The van der Waals surface area contributed by atoms with Crippen LogP contribution in [0.15, 0.2) is 60.9 Å². The first-order valence-electron chi connectivity index (χ1n) is 11.4. The molecule has 0 unspecified atom stereocenters. The van der Waals surface area contributed by atoms with E-state index in [2.05, 4.69) is 54.3 Å². The fourth-order valence-electron chi connectivity index (χ4n) is 4.33. The Kier molecular flexibility index (Phi) is 5.69. The highest BCUT2D eigenvalue weighted by Crippen LogP contribution is 2.29. The molecule has 0 N–H and O–H groups in total. The molecule has 5 rings (SSSR count). The first-order valence-corrected chi connectivity index (χ1v) is 11.4. The Morgan fingerprint density at radius 1 is 0.971 bits per heavy atom. The van der Waals surface area contributed by atoms with Crippen LogP contribution in [0, 0.1) is 6.92 Å². The molecule has 0 amide bonds. The lowest BCUT2D eigenvalue weighted by Gasteiger charge is -2.12. The van der Waals surface area contributed by atoms with Crippen molar-refractivity contribution < 1.29 is 4.39 Å². The Morgan fingerprint density at radius 3 is 2.44 bits per heavy atom. The molecule has 0 aliphatic heterocycles. The minimum atomic E-state index is -0.566. The van der Waals surface area contributed by atoms with Crippen LogP contribution in [0.25, 0.3) is 33.8 Å². The van der Waals surface area contributed by atoms with Gasteiger partial charge in [0.25, 0.3) is 0 Å². The number of benzene rings is 2. The van der Waals surface area contributed by atoms with Gasteiger partial charge in [-0.25, -0.2) is 24.0 Å². The second-order valence-electron chi connectivity index (χ2n) is 8.91. The van der Waals surface area contributed by atoms with E-state index in [1.165, 1.54) is 5.56 Å². The van der Waals surface area contributed by atoms with Gasteiger partial charge in [0.05, 0.1) is 29.5 Å². The number of halogens is 1. The number of aryl methyl sites for hydroxylation is 2. The molecular weight excluding hydrogens is 427 g/mol. The third kappa shape index (κ3) is 3.98. The fourth-order valence-corrected chi connectivity index (χ4v) is 4.33. The molecule has 0 aliphatic rings. The van der Waals surface area contributed by atoms with Crippen molar-refractivity contribution in [2.24, 2.45) is 7.05 Å². The van der Waals surface area contributed by atoms with Crippen LogP contribution in [0.3, 0.4) is 0 Å². The second-order valence-corrected chi connectivity index (χ2v) is 8.91. The van der Waals surface area contributed by atoms with E-state index < -0.39 is 6.67 Å². The molecule has 0 spiro atoms. The predicted molar refractivity (Wildman–Crippen MR) is 132 cm³/mol. The van der Waals surface area contributed by atoms with Gasteiger partial charge in [-0.3, -0.25) is 0 Å². The van der Waals surface area contributed by atoms with Gasteiger partial charge in [0.1, 0.15) is 12.5 Å². The summed E-state index contributed by atoms with van der Waals surface area (Å²) in [6.07, 6.45) is 3.56. The number of hydrogen-bond acceptors (Lipinski definition) is 4. The minimum Gasteiger partial charge on any atom is -0.334 e. The average Bonchev–Trinajstić information content (AvgIpc) is 3.43. The lowest BCUT2D eigenvalue weighted by molar-refractivity contribution is 0.477. The van der Waals surface area contributed by atoms with Crippen molar-refractivity contribution in [3.05, 3.63) is 83.4 Å². The van der Waals surface area contributed by atoms with Gasteiger partial charge in [-0.2, -0.15) is 5.10 Å². The summed E-state index contributed by atoms with van der Waals surface area (Å²) >= 11 is 0. The van der Waals surface area contributed by atoms with Gasteiger partial charge >= 0.3 is 0 Å². The molecule has 0 bridgehead atoms. The first-order chi connectivity index (χ1) is 16.4. The summed E-state index contributed by atoms with van der Waals surface area (Å²) in [4.78, 5) is 14.1. The Bertz CT molecular complexity index is 1460. The van der Waals surface area contributed by atoms with Crippen LogP contribution in [-0.2, 0) is 20.3 Å². The van der Waals surface area contributed by atoms with E-state index in [-0.39, 0.29) is 0 Å². The molecule has 0 fully saturated rings. The van der Waals surface area contributed by atoms with Gasteiger partial charge in [0.2, 0.25) is 0 Å². The highest BCUT2D eigenvalue weighted by atomic mass is 19.1. The van der Waals surface area contributed by atoms with Crippen LogP contribution in [0.2, 0.25) is 0 Å². The molecule has 6 nitrogen and oxygen atoms in total. The van der Waals surface area contributed by atoms with Crippen molar-refractivity contribution in [3.63, 3.8) is 0 Å². The van der Waals surface area contributed by atoms with Gasteiger partial charge in [0, 0.05) is 24.4 Å². The van der Waals surface area contributed by atoms with E-state index in [1.807, 2.05) is 47.6 Å². The van der Waals surface area contributed by atoms with Crippen molar-refractivity contribution in [1.29, 1.82) is 0 Å². The molecule has 0 saturated heterocycles. The Labute approximate surface area is 198 Å². The normalized spacial score (nSPS) is 11.6. The van der Waals surface area contributed by atoms with Gasteiger partial charge < -0.3 is 4.57 Å². The number of imidazole rings is 1. The maximum absolute atomic E-state index is 13.0. The van der Waals surface area contributed by atoms with E-state index in [4.69, 9.17) is 9.97 Å². The smallest absolute Gasteiger partial charge is 0.162 e. The Hall–Kier alpha value is -3.87. The zero-order valence-electron chi connectivity index (χ0n) is 19.8. The molecule has 0 saturated carbocycles. The standard InChI is InChI=1S/C27H27FN6/c1-17(2)22-7-5-6-8-23(22)25-30-18(3)24-14-29-34(27(24)32-25)15-19-9-11-20(12-10-19)26-31-21(13-28)16-33(26)4/h5-12,14,16-17H,13,15H2,1-4H3. The van der Waals surface area contributed by atoms with Crippen molar-refractivity contribution in [2.45, 2.75) is 39.9 Å². The number of aromatic nitrogens is 6. The third-order valence-corrected chi connectivity index (χ3v) is 6.12. The van der Waals surface area contributed by atoms with Crippen LogP contribution in [-0.4, -0.2) is 29.3 Å². The monoisotopic (exact) mass is 454 g/mol. The van der Waals surface area contributed by atoms with Crippen LogP contribution >= 0.6 is 0 Å². The van der Waals surface area contributed by atoms with E-state index >= 15 is 0 Å². The van der Waals surface area contributed by atoms with E-state index in [1.54, 1.807) is 6.20 Å². The maximum atomic E-state index is 13.0. The molecule has 2 aromatic carbocycles. The van der Waals surface area contributed by atoms with E-state index in [0.717, 1.165) is 45.1 Å². The molecule has 0 atom stereocenters. The topological polar surface area (TPSA) is 61.4 Å². The van der Waals surface area contributed by atoms with Crippen LogP contribution in [0.4, 0.5) is 4.39 Å². The molecule has 0 aliphatic carbocycles. The zero-order chi connectivity index (χ0) is 23.8. The zero-order valence-corrected chi connectivity index (χ0v) is 19.8. The summed E-state index contributed by atoms with van der Waals surface area (Å²) in [7, 11) is 1.88. The quantitative estimate of drug-likeness (QED) is 0.323. The van der Waals surface area contributed by atoms with Crippen molar-refractivity contribution in [3.8, 4) is 22.8 Å². The van der Waals surface area contributed by atoms with Gasteiger partial charge in [-0.1, -0.05) is 62.4 Å². The van der Waals surface area contributed by atoms with Gasteiger partial charge in [0.15, 0.2) is 11.5 Å². The molecule has 7 heteroatoms. The largest absolute Gasteiger partial charge is 0.334 e. The summed E-state index contributed by atoms with van der Waals surface area (Å²) in [5, 5.41) is 5.56. The molecule has 34 heavy (non-hydrogen) atoms. The number of rotatable bonds is 6. The summed E-state index contributed by atoms with van der Waals surface area (Å²) in [6, 6.07) is 16.4. The summed E-state index contributed by atoms with van der Waals surface area (Å²) in [5.41, 5.74) is 6.50. The average molecular weight is 455 g/mol. The number of hydrogen-bond donors (Lipinski definition) is 0. The highest BCUT2D eigenvalue weighted by molar-refractivity contribution is 5.80. The van der Waals surface area contributed by atoms with Crippen molar-refractivity contribution in [1.82, 2.24) is 29.3 Å². The number of nitrogens with zero attached hydrogens (tertiary/aromatic N) is 6. The second kappa shape index (κ2) is 8.82. The van der Waals surface area contributed by atoms with Crippen molar-refractivity contribution in [2.75, 3.05) is 0 Å². The number of fused-ring (bicyclic) bond motifs is 1. The molecule has 3 aromatic heterocycles. The first kappa shape index (κ1) is 21.9. The molecular formula is C27H27FN6. The van der Waals surface area contributed by atoms with Crippen LogP contribution in [0.5, 0.6) is 0 Å². The molecule has 5 aromatic rings. The molecule has 172 valence electrons. The Morgan fingerprint density at radius 2 is 1.74 bits per heavy atom. The lowest BCUT2D eigenvalue weighted by atomic mass is 9.97. The van der Waals surface area contributed by atoms with E-state index in [0.29, 0.717) is 18.2 Å². The highest BCUT2D eigenvalue weighted by Gasteiger charge is 2.16. The lowest BCUT2D eigenvalue weighted by Crippen LogP contribution is -2.05. The third-order valence-electron chi connectivity index (χ3n) is 6.12. The van der Waals surface area contributed by atoms with Crippen LogP contribution in [0.1, 0.15) is 42.3 Å². The van der Waals surface area contributed by atoms with Gasteiger partial charge in [-0.05, 0) is 24.0 Å². The van der Waals surface area contributed by atoms with Gasteiger partial charge in [-0.15, -0.1) is 0 Å². The minimum absolute atomic E-state index is 0.374.